The summed E-state index contributed by atoms with van der Waals surface area (Å²) >= 11 is 0. The highest BCUT2D eigenvalue weighted by Gasteiger charge is 2.14. The molecule has 2 atom stereocenters. The van der Waals surface area contributed by atoms with Gasteiger partial charge in [0.2, 0.25) is 0 Å². The van der Waals surface area contributed by atoms with Crippen LogP contribution in [-0.2, 0) is 0 Å². The lowest BCUT2D eigenvalue weighted by Crippen LogP contribution is -2.30. The van der Waals surface area contributed by atoms with Gasteiger partial charge in [-0.3, -0.25) is 0 Å². The van der Waals surface area contributed by atoms with E-state index < -0.39 is 0 Å². The Bertz CT molecular complexity index is 442. The molecular formula is C16H23NO2. The summed E-state index contributed by atoms with van der Waals surface area (Å²) < 4.78 is 10.6. The standard InChI is InChI=1S/C16H23NO2/c1-12(17-14-7-5-4-6-8-14)13-9-10-15(18-2)16(11-13)19-3/h5,7,9-12,14,17H,4,6,8H2,1-3H3. The Hall–Kier alpha value is -1.48. The molecule has 0 saturated carbocycles. The van der Waals surface area contributed by atoms with Crippen molar-refractivity contribution >= 4 is 0 Å². The van der Waals surface area contributed by atoms with Crippen molar-refractivity contribution in [2.24, 2.45) is 0 Å². The highest BCUT2D eigenvalue weighted by Crippen LogP contribution is 2.30. The fourth-order valence-corrected chi connectivity index (χ4v) is 2.49. The van der Waals surface area contributed by atoms with E-state index in [2.05, 4.69) is 30.5 Å². The predicted molar refractivity (Wildman–Crippen MR) is 77.9 cm³/mol. The van der Waals surface area contributed by atoms with Crippen LogP contribution in [-0.4, -0.2) is 20.3 Å². The maximum Gasteiger partial charge on any atom is 0.161 e. The van der Waals surface area contributed by atoms with Crippen LogP contribution in [0.3, 0.4) is 0 Å². The second-order valence-corrected chi connectivity index (χ2v) is 4.97. The molecule has 0 heterocycles. The van der Waals surface area contributed by atoms with E-state index in [1.807, 2.05) is 12.1 Å². The van der Waals surface area contributed by atoms with Crippen LogP contribution in [0.2, 0.25) is 0 Å². The van der Waals surface area contributed by atoms with E-state index in [0.717, 1.165) is 11.5 Å². The molecule has 0 saturated heterocycles. The third-order valence-corrected chi connectivity index (χ3v) is 3.63. The van der Waals surface area contributed by atoms with Crippen molar-refractivity contribution in [3.8, 4) is 11.5 Å². The Kier molecular flexibility index (Phi) is 4.86. The fourth-order valence-electron chi connectivity index (χ4n) is 2.49. The van der Waals surface area contributed by atoms with Gasteiger partial charge in [0.15, 0.2) is 11.5 Å². The van der Waals surface area contributed by atoms with Gasteiger partial charge in [0.05, 0.1) is 14.2 Å². The molecular weight excluding hydrogens is 238 g/mol. The van der Waals surface area contributed by atoms with Crippen molar-refractivity contribution in [3.63, 3.8) is 0 Å². The number of hydrogen-bond acceptors (Lipinski definition) is 3. The van der Waals surface area contributed by atoms with Crippen LogP contribution in [0, 0.1) is 0 Å². The van der Waals surface area contributed by atoms with Crippen molar-refractivity contribution in [3.05, 3.63) is 35.9 Å². The van der Waals surface area contributed by atoms with Crippen LogP contribution in [0.15, 0.2) is 30.4 Å². The molecule has 0 bridgehead atoms. The minimum absolute atomic E-state index is 0.299. The second-order valence-electron chi connectivity index (χ2n) is 4.97. The molecule has 2 rings (SSSR count). The fraction of sp³-hybridized carbons (Fsp3) is 0.500. The number of methoxy groups -OCH3 is 2. The van der Waals surface area contributed by atoms with Gasteiger partial charge in [-0.15, -0.1) is 0 Å². The number of nitrogens with one attached hydrogen (secondary N) is 1. The lowest BCUT2D eigenvalue weighted by Gasteiger charge is -2.23. The smallest absolute Gasteiger partial charge is 0.161 e. The van der Waals surface area contributed by atoms with Gasteiger partial charge in [-0.05, 0) is 43.9 Å². The molecule has 1 aromatic rings. The maximum atomic E-state index is 5.35. The van der Waals surface area contributed by atoms with Crippen molar-refractivity contribution in [2.75, 3.05) is 14.2 Å². The van der Waals surface area contributed by atoms with Crippen LogP contribution < -0.4 is 14.8 Å². The van der Waals surface area contributed by atoms with Gasteiger partial charge in [0.1, 0.15) is 0 Å². The first-order valence-electron chi connectivity index (χ1n) is 6.89. The Morgan fingerprint density at radius 1 is 1.21 bits per heavy atom. The summed E-state index contributed by atoms with van der Waals surface area (Å²) in [4.78, 5) is 0. The van der Waals surface area contributed by atoms with Crippen molar-refractivity contribution in [1.29, 1.82) is 0 Å². The second kappa shape index (κ2) is 6.62. The van der Waals surface area contributed by atoms with Gasteiger partial charge >= 0.3 is 0 Å². The van der Waals surface area contributed by atoms with Gasteiger partial charge in [0, 0.05) is 12.1 Å². The normalized spacial score (nSPS) is 20.1. The Labute approximate surface area is 115 Å². The molecule has 0 aliphatic heterocycles. The molecule has 0 radical (unpaired) electrons. The van der Waals surface area contributed by atoms with Crippen molar-refractivity contribution < 1.29 is 9.47 Å². The van der Waals surface area contributed by atoms with Crippen LogP contribution in [0.5, 0.6) is 11.5 Å². The molecule has 0 amide bonds. The number of benzene rings is 1. The molecule has 0 spiro atoms. The first kappa shape index (κ1) is 13.9. The monoisotopic (exact) mass is 261 g/mol. The molecule has 19 heavy (non-hydrogen) atoms. The number of hydrogen-bond donors (Lipinski definition) is 1. The first-order chi connectivity index (χ1) is 9.24. The van der Waals surface area contributed by atoms with Gasteiger partial charge in [-0.25, -0.2) is 0 Å². The summed E-state index contributed by atoms with van der Waals surface area (Å²) in [6.45, 7) is 2.18. The van der Waals surface area contributed by atoms with Gasteiger partial charge in [-0.1, -0.05) is 18.2 Å². The maximum absolute atomic E-state index is 5.35. The summed E-state index contributed by atoms with van der Waals surface area (Å²) in [6.07, 6.45) is 8.24. The highest BCUT2D eigenvalue weighted by atomic mass is 16.5. The number of ether oxygens (including phenoxy) is 2. The molecule has 1 aromatic carbocycles. The van der Waals surface area contributed by atoms with E-state index in [9.17, 15) is 0 Å². The van der Waals surface area contributed by atoms with Crippen LogP contribution >= 0.6 is 0 Å². The van der Waals surface area contributed by atoms with Gasteiger partial charge in [-0.2, -0.15) is 0 Å². The summed E-state index contributed by atoms with van der Waals surface area (Å²) in [5.74, 6) is 1.56. The van der Waals surface area contributed by atoms with E-state index in [-0.39, 0.29) is 0 Å². The lowest BCUT2D eigenvalue weighted by atomic mass is 10.0. The lowest BCUT2D eigenvalue weighted by molar-refractivity contribution is 0.353. The zero-order valence-electron chi connectivity index (χ0n) is 12.0. The molecule has 1 N–H and O–H groups in total. The highest BCUT2D eigenvalue weighted by molar-refractivity contribution is 5.43. The average molecular weight is 261 g/mol. The van der Waals surface area contributed by atoms with E-state index in [0.29, 0.717) is 12.1 Å². The van der Waals surface area contributed by atoms with Gasteiger partial charge in [0.25, 0.3) is 0 Å². The predicted octanol–water partition coefficient (Wildman–Crippen LogP) is 3.46. The van der Waals surface area contributed by atoms with Crippen molar-refractivity contribution in [2.45, 2.75) is 38.3 Å². The molecule has 1 aliphatic carbocycles. The topological polar surface area (TPSA) is 30.5 Å². The Morgan fingerprint density at radius 3 is 2.63 bits per heavy atom. The van der Waals surface area contributed by atoms with E-state index >= 15 is 0 Å². The molecule has 0 fully saturated rings. The molecule has 3 heteroatoms. The largest absolute Gasteiger partial charge is 0.493 e. The summed E-state index contributed by atoms with van der Waals surface area (Å²) in [5.41, 5.74) is 1.22. The van der Waals surface area contributed by atoms with E-state index in [4.69, 9.17) is 9.47 Å². The Morgan fingerprint density at radius 2 is 2.00 bits per heavy atom. The van der Waals surface area contributed by atoms with E-state index in [1.54, 1.807) is 14.2 Å². The Balaban J connectivity index is 2.07. The summed E-state index contributed by atoms with van der Waals surface area (Å²) in [7, 11) is 3.33. The number of allylic oxidation sites excluding steroid dienone is 1. The summed E-state index contributed by atoms with van der Waals surface area (Å²) in [5, 5.41) is 3.64. The zero-order chi connectivity index (χ0) is 13.7. The molecule has 104 valence electrons. The third-order valence-electron chi connectivity index (χ3n) is 3.63. The average Bonchev–Trinajstić information content (AvgIpc) is 2.47. The van der Waals surface area contributed by atoms with E-state index in [1.165, 1.54) is 24.8 Å². The van der Waals surface area contributed by atoms with Crippen LogP contribution in [0.4, 0.5) is 0 Å². The zero-order valence-corrected chi connectivity index (χ0v) is 12.0. The minimum Gasteiger partial charge on any atom is -0.493 e. The molecule has 3 nitrogen and oxygen atoms in total. The molecule has 1 aliphatic rings. The van der Waals surface area contributed by atoms with Crippen LogP contribution in [0.1, 0.15) is 37.8 Å². The molecule has 0 aromatic heterocycles. The summed E-state index contributed by atoms with van der Waals surface area (Å²) in [6, 6.07) is 6.88. The molecule has 2 unspecified atom stereocenters. The number of rotatable bonds is 5. The third kappa shape index (κ3) is 3.51. The first-order valence-corrected chi connectivity index (χ1v) is 6.89. The quantitative estimate of drug-likeness (QED) is 0.823. The minimum atomic E-state index is 0.299. The SMILES string of the molecule is COc1ccc(C(C)NC2C=CCCC2)cc1OC. The van der Waals surface area contributed by atoms with Crippen molar-refractivity contribution in [1.82, 2.24) is 5.32 Å². The van der Waals surface area contributed by atoms with Crippen LogP contribution in [0.25, 0.3) is 0 Å². The van der Waals surface area contributed by atoms with Gasteiger partial charge < -0.3 is 14.8 Å².